The molecule has 0 saturated heterocycles. The molecular formula is C17H14O4S. The van der Waals surface area contributed by atoms with Crippen molar-refractivity contribution in [2.75, 3.05) is 5.75 Å². The van der Waals surface area contributed by atoms with Crippen LogP contribution in [-0.2, 0) is 0 Å². The first-order valence-electron chi connectivity index (χ1n) is 6.70. The fraction of sp³-hybridized carbons (Fsp3) is 0.118. The first-order valence-corrected chi connectivity index (χ1v) is 7.75. The highest BCUT2D eigenvalue weighted by Gasteiger charge is 2.28. The molecule has 0 fully saturated rings. The van der Waals surface area contributed by atoms with Crippen molar-refractivity contribution in [1.82, 2.24) is 0 Å². The molecule has 0 aromatic heterocycles. The summed E-state index contributed by atoms with van der Waals surface area (Å²) in [6.45, 7) is 3.72. The molecule has 1 aliphatic rings. The number of ether oxygens (including phenoxy) is 1. The van der Waals surface area contributed by atoms with Gasteiger partial charge in [0.15, 0.2) is 0 Å². The van der Waals surface area contributed by atoms with Crippen molar-refractivity contribution < 1.29 is 19.7 Å². The Morgan fingerprint density at radius 2 is 1.91 bits per heavy atom. The molecule has 3 rings (SSSR count). The highest BCUT2D eigenvalue weighted by atomic mass is 32.2. The maximum absolute atomic E-state index is 11.2. The molecule has 0 spiro atoms. The molecule has 112 valence electrons. The van der Waals surface area contributed by atoms with Gasteiger partial charge in [-0.05, 0) is 36.4 Å². The highest BCUT2D eigenvalue weighted by molar-refractivity contribution is 7.99. The van der Waals surface area contributed by atoms with Gasteiger partial charge in [-0.1, -0.05) is 6.08 Å². The van der Waals surface area contributed by atoms with Crippen molar-refractivity contribution in [1.29, 1.82) is 0 Å². The average molecular weight is 314 g/mol. The molecular weight excluding hydrogens is 300 g/mol. The van der Waals surface area contributed by atoms with Gasteiger partial charge in [0.2, 0.25) is 0 Å². The van der Waals surface area contributed by atoms with E-state index in [-0.39, 0.29) is 16.6 Å². The van der Waals surface area contributed by atoms with Gasteiger partial charge in [-0.25, -0.2) is 4.79 Å². The Balaban J connectivity index is 2.13. The van der Waals surface area contributed by atoms with Crippen LogP contribution in [0.2, 0.25) is 0 Å². The Morgan fingerprint density at radius 3 is 2.59 bits per heavy atom. The minimum absolute atomic E-state index is 0.108. The predicted octanol–water partition coefficient (Wildman–Crippen LogP) is 4.20. The van der Waals surface area contributed by atoms with Gasteiger partial charge in [-0.3, -0.25) is 0 Å². The Morgan fingerprint density at radius 1 is 1.23 bits per heavy atom. The largest absolute Gasteiger partial charge is 0.508 e. The van der Waals surface area contributed by atoms with Crippen LogP contribution >= 0.6 is 11.8 Å². The predicted molar refractivity (Wildman–Crippen MR) is 86.1 cm³/mol. The molecule has 1 atom stereocenters. The fourth-order valence-corrected chi connectivity index (χ4v) is 3.50. The lowest BCUT2D eigenvalue weighted by Crippen LogP contribution is -2.10. The number of phenolic OH excluding ortho intramolecular Hbond substituents is 1. The average Bonchev–Trinajstić information content (AvgIpc) is 2.51. The van der Waals surface area contributed by atoms with Crippen molar-refractivity contribution in [2.24, 2.45) is 0 Å². The monoisotopic (exact) mass is 314 g/mol. The topological polar surface area (TPSA) is 66.8 Å². The van der Waals surface area contributed by atoms with Gasteiger partial charge in [-0.2, -0.15) is 0 Å². The molecule has 5 heteroatoms. The highest BCUT2D eigenvalue weighted by Crippen LogP contribution is 2.50. The lowest BCUT2D eigenvalue weighted by molar-refractivity contribution is 0.0696. The van der Waals surface area contributed by atoms with Gasteiger partial charge in [0, 0.05) is 16.9 Å². The van der Waals surface area contributed by atoms with E-state index in [1.54, 1.807) is 48.2 Å². The molecule has 0 aliphatic carbocycles. The van der Waals surface area contributed by atoms with Gasteiger partial charge in [0.1, 0.15) is 17.2 Å². The maximum atomic E-state index is 11.2. The van der Waals surface area contributed by atoms with Crippen LogP contribution in [0.4, 0.5) is 0 Å². The second-order valence-electron chi connectivity index (χ2n) is 4.88. The molecule has 0 bridgehead atoms. The van der Waals surface area contributed by atoms with E-state index >= 15 is 0 Å². The van der Waals surface area contributed by atoms with Crippen LogP contribution in [0, 0.1) is 0 Å². The van der Waals surface area contributed by atoms with E-state index in [1.165, 1.54) is 6.07 Å². The van der Waals surface area contributed by atoms with Gasteiger partial charge in [0.05, 0.1) is 10.8 Å². The van der Waals surface area contributed by atoms with Crippen LogP contribution in [0.1, 0.15) is 26.7 Å². The Kier molecular flexibility index (Phi) is 3.81. The van der Waals surface area contributed by atoms with E-state index in [2.05, 4.69) is 6.58 Å². The van der Waals surface area contributed by atoms with Crippen molar-refractivity contribution in [3.63, 3.8) is 0 Å². The molecule has 0 saturated carbocycles. The number of thioether (sulfide) groups is 1. The molecule has 1 heterocycles. The lowest BCUT2D eigenvalue weighted by Gasteiger charge is -2.28. The number of aromatic hydroxyl groups is 1. The summed E-state index contributed by atoms with van der Waals surface area (Å²) >= 11 is 1.61. The minimum Gasteiger partial charge on any atom is -0.508 e. The van der Waals surface area contributed by atoms with E-state index in [9.17, 15) is 15.0 Å². The fourth-order valence-electron chi connectivity index (χ4n) is 2.44. The molecule has 22 heavy (non-hydrogen) atoms. The normalized spacial score (nSPS) is 15.4. The van der Waals surface area contributed by atoms with Crippen molar-refractivity contribution in [2.45, 2.75) is 5.25 Å². The summed E-state index contributed by atoms with van der Waals surface area (Å²) in [5.41, 5.74) is 1.85. The van der Waals surface area contributed by atoms with Crippen molar-refractivity contribution in [3.05, 3.63) is 65.7 Å². The summed E-state index contributed by atoms with van der Waals surface area (Å²) in [4.78, 5) is 11.2. The third kappa shape index (κ3) is 2.55. The van der Waals surface area contributed by atoms with E-state index in [0.717, 1.165) is 11.1 Å². The van der Waals surface area contributed by atoms with E-state index in [4.69, 9.17) is 4.74 Å². The number of fused-ring (bicyclic) bond motifs is 2. The number of benzene rings is 2. The van der Waals surface area contributed by atoms with Gasteiger partial charge in [-0.15, -0.1) is 18.3 Å². The number of phenols is 1. The number of carboxylic acids is 1. The SMILES string of the molecule is C=CCSC1c2cc(O)ccc2Oc2ccc(C(=O)O)cc21. The van der Waals surface area contributed by atoms with Crippen LogP contribution in [0.25, 0.3) is 0 Å². The van der Waals surface area contributed by atoms with Gasteiger partial charge < -0.3 is 14.9 Å². The van der Waals surface area contributed by atoms with E-state index in [0.29, 0.717) is 17.3 Å². The third-order valence-electron chi connectivity index (χ3n) is 3.42. The molecule has 2 aromatic rings. The third-order valence-corrected chi connectivity index (χ3v) is 4.69. The Labute approximate surface area is 132 Å². The molecule has 1 unspecified atom stereocenters. The maximum Gasteiger partial charge on any atom is 0.335 e. The zero-order chi connectivity index (χ0) is 15.7. The number of rotatable bonds is 4. The number of carboxylic acid groups (broad SMARTS) is 1. The molecule has 0 amide bonds. The molecule has 2 aromatic carbocycles. The van der Waals surface area contributed by atoms with Crippen LogP contribution < -0.4 is 4.74 Å². The Hall–Kier alpha value is -2.40. The molecule has 4 nitrogen and oxygen atoms in total. The van der Waals surface area contributed by atoms with Crippen molar-refractivity contribution >= 4 is 17.7 Å². The summed E-state index contributed by atoms with van der Waals surface area (Å²) in [7, 11) is 0. The van der Waals surface area contributed by atoms with Crippen LogP contribution in [0.3, 0.4) is 0 Å². The number of carbonyl (C=O) groups is 1. The van der Waals surface area contributed by atoms with Gasteiger partial charge in [0.25, 0.3) is 0 Å². The number of hydrogen-bond acceptors (Lipinski definition) is 4. The summed E-state index contributed by atoms with van der Waals surface area (Å²) in [5, 5.41) is 18.8. The second kappa shape index (κ2) is 5.77. The smallest absolute Gasteiger partial charge is 0.335 e. The summed E-state index contributed by atoms with van der Waals surface area (Å²) < 4.78 is 5.83. The zero-order valence-corrected chi connectivity index (χ0v) is 12.5. The molecule has 0 radical (unpaired) electrons. The zero-order valence-electron chi connectivity index (χ0n) is 11.7. The van der Waals surface area contributed by atoms with E-state index in [1.807, 2.05) is 0 Å². The standard InChI is InChI=1S/C17H14O4S/c1-2-7-22-16-12-8-10(17(19)20)3-5-14(12)21-15-6-4-11(18)9-13(15)16/h2-6,8-9,16,18H,1,7H2,(H,19,20). The number of hydrogen-bond donors (Lipinski definition) is 2. The van der Waals surface area contributed by atoms with Crippen molar-refractivity contribution in [3.8, 4) is 17.2 Å². The Bertz CT molecular complexity index is 754. The summed E-state index contributed by atoms with van der Waals surface area (Å²) in [5.74, 6) is 1.21. The molecule has 1 aliphatic heterocycles. The van der Waals surface area contributed by atoms with Crippen LogP contribution in [0.5, 0.6) is 17.2 Å². The van der Waals surface area contributed by atoms with Crippen LogP contribution in [-0.4, -0.2) is 21.9 Å². The molecule has 2 N–H and O–H groups in total. The van der Waals surface area contributed by atoms with E-state index < -0.39 is 5.97 Å². The number of aromatic carboxylic acids is 1. The van der Waals surface area contributed by atoms with Crippen LogP contribution in [0.15, 0.2) is 49.1 Å². The summed E-state index contributed by atoms with van der Waals surface area (Å²) in [6.07, 6.45) is 1.79. The van der Waals surface area contributed by atoms with Gasteiger partial charge >= 0.3 is 5.97 Å². The second-order valence-corrected chi connectivity index (χ2v) is 6.02. The summed E-state index contributed by atoms with van der Waals surface area (Å²) in [6, 6.07) is 9.79. The lowest BCUT2D eigenvalue weighted by atomic mass is 9.97. The quantitative estimate of drug-likeness (QED) is 0.828. The first-order chi connectivity index (χ1) is 10.6. The minimum atomic E-state index is -0.975. The first kappa shape index (κ1) is 14.5.